The third-order valence-corrected chi connectivity index (χ3v) is 6.17. The van der Waals surface area contributed by atoms with Crippen LogP contribution in [0.2, 0.25) is 0 Å². The van der Waals surface area contributed by atoms with Crippen LogP contribution in [0, 0.1) is 13.8 Å². The van der Waals surface area contributed by atoms with Gasteiger partial charge in [-0.05, 0) is 43.5 Å². The average Bonchev–Trinajstić information content (AvgIpc) is 3.10. The third kappa shape index (κ3) is 4.15. The Morgan fingerprint density at radius 3 is 2.66 bits per heavy atom. The number of hydrogen-bond donors (Lipinski definition) is 2. The van der Waals surface area contributed by atoms with Crippen LogP contribution < -0.4 is 10.7 Å². The second-order valence-corrected chi connectivity index (χ2v) is 8.51. The summed E-state index contributed by atoms with van der Waals surface area (Å²) < 4.78 is 1.94. The van der Waals surface area contributed by atoms with E-state index in [0.717, 1.165) is 40.6 Å². The van der Waals surface area contributed by atoms with Gasteiger partial charge in [0.25, 0.3) is 0 Å². The van der Waals surface area contributed by atoms with E-state index >= 15 is 0 Å². The Morgan fingerprint density at radius 1 is 1.14 bits per heavy atom. The van der Waals surface area contributed by atoms with Crippen molar-refractivity contribution in [1.29, 1.82) is 0 Å². The summed E-state index contributed by atoms with van der Waals surface area (Å²) in [6.45, 7) is 6.19. The lowest BCUT2D eigenvalue weighted by molar-refractivity contribution is -0.116. The highest BCUT2D eigenvalue weighted by Crippen LogP contribution is 2.37. The van der Waals surface area contributed by atoms with Gasteiger partial charge in [0, 0.05) is 12.1 Å². The van der Waals surface area contributed by atoms with Crippen LogP contribution >= 0.6 is 11.8 Å². The molecule has 0 spiro atoms. The third-order valence-electron chi connectivity index (χ3n) is 4.96. The summed E-state index contributed by atoms with van der Waals surface area (Å²) in [6, 6.07) is 16.0. The quantitative estimate of drug-likeness (QED) is 0.662. The fraction of sp³-hybridized carbons (Fsp3) is 0.318. The van der Waals surface area contributed by atoms with Crippen molar-refractivity contribution >= 4 is 23.4 Å². The normalized spacial score (nSPS) is 18.0. The number of aryl methyl sites for hydroxylation is 3. The van der Waals surface area contributed by atoms with Crippen molar-refractivity contribution in [2.75, 3.05) is 10.7 Å². The van der Waals surface area contributed by atoms with Crippen LogP contribution in [0.1, 0.15) is 41.9 Å². The SMILES string of the molecule is CCCc1nnc2n1N[C@H](c1ccc(C)cc1)[C@@H](C(=O)Nc1cccc(C)c1)S2. The van der Waals surface area contributed by atoms with Gasteiger partial charge in [0.05, 0.1) is 6.04 Å². The van der Waals surface area contributed by atoms with Crippen LogP contribution in [0.15, 0.2) is 53.7 Å². The first kappa shape index (κ1) is 19.5. The van der Waals surface area contributed by atoms with Gasteiger partial charge < -0.3 is 10.7 Å². The topological polar surface area (TPSA) is 71.8 Å². The van der Waals surface area contributed by atoms with Gasteiger partial charge >= 0.3 is 0 Å². The molecular formula is C22H25N5OS. The summed E-state index contributed by atoms with van der Waals surface area (Å²) in [7, 11) is 0. The van der Waals surface area contributed by atoms with Crippen LogP contribution in [0.5, 0.6) is 0 Å². The second-order valence-electron chi connectivity index (χ2n) is 7.40. The van der Waals surface area contributed by atoms with Crippen molar-refractivity contribution in [3.8, 4) is 0 Å². The molecule has 0 radical (unpaired) electrons. The van der Waals surface area contributed by atoms with Crippen LogP contribution in [-0.4, -0.2) is 26.0 Å². The predicted molar refractivity (Wildman–Crippen MR) is 117 cm³/mol. The average molecular weight is 408 g/mol. The lowest BCUT2D eigenvalue weighted by Crippen LogP contribution is -2.41. The van der Waals surface area contributed by atoms with E-state index in [0.29, 0.717) is 0 Å². The summed E-state index contributed by atoms with van der Waals surface area (Å²) in [5.41, 5.74) is 7.67. The molecule has 1 aliphatic heterocycles. The minimum Gasteiger partial charge on any atom is -0.325 e. The van der Waals surface area contributed by atoms with E-state index in [2.05, 4.69) is 59.1 Å². The smallest absolute Gasteiger partial charge is 0.240 e. The Labute approximate surface area is 175 Å². The molecule has 7 heteroatoms. The molecule has 1 aromatic heterocycles. The number of fused-ring (bicyclic) bond motifs is 1. The first-order valence-corrected chi connectivity index (χ1v) is 10.7. The van der Waals surface area contributed by atoms with Crippen LogP contribution in [0.3, 0.4) is 0 Å². The van der Waals surface area contributed by atoms with Crippen molar-refractivity contribution in [3.05, 3.63) is 71.0 Å². The zero-order valence-corrected chi connectivity index (χ0v) is 17.7. The zero-order chi connectivity index (χ0) is 20.4. The molecule has 2 atom stereocenters. The van der Waals surface area contributed by atoms with Crippen LogP contribution in [-0.2, 0) is 11.2 Å². The largest absolute Gasteiger partial charge is 0.325 e. The van der Waals surface area contributed by atoms with Crippen molar-refractivity contribution in [1.82, 2.24) is 14.9 Å². The van der Waals surface area contributed by atoms with Gasteiger partial charge in [-0.15, -0.1) is 10.2 Å². The van der Waals surface area contributed by atoms with Crippen LogP contribution in [0.25, 0.3) is 0 Å². The Balaban J connectivity index is 1.66. The van der Waals surface area contributed by atoms with Gasteiger partial charge in [-0.1, -0.05) is 60.6 Å². The summed E-state index contributed by atoms with van der Waals surface area (Å²) in [5.74, 6) is 0.842. The number of nitrogens with zero attached hydrogens (tertiary/aromatic N) is 3. The van der Waals surface area contributed by atoms with E-state index in [4.69, 9.17) is 0 Å². The van der Waals surface area contributed by atoms with Crippen molar-refractivity contribution < 1.29 is 4.79 Å². The molecular weight excluding hydrogens is 382 g/mol. The number of anilines is 1. The van der Waals surface area contributed by atoms with E-state index in [1.54, 1.807) is 0 Å². The van der Waals surface area contributed by atoms with E-state index in [-0.39, 0.29) is 17.2 Å². The number of carbonyl (C=O) groups is 1. The molecule has 0 unspecified atom stereocenters. The molecule has 6 nitrogen and oxygen atoms in total. The fourth-order valence-electron chi connectivity index (χ4n) is 3.44. The number of amides is 1. The molecule has 3 aromatic rings. The van der Waals surface area contributed by atoms with Crippen molar-refractivity contribution in [3.63, 3.8) is 0 Å². The Bertz CT molecular complexity index is 1010. The number of thioether (sulfide) groups is 1. The molecule has 0 saturated heterocycles. The monoisotopic (exact) mass is 407 g/mol. The maximum atomic E-state index is 13.2. The first-order chi connectivity index (χ1) is 14.0. The molecule has 29 heavy (non-hydrogen) atoms. The van der Waals surface area contributed by atoms with E-state index < -0.39 is 0 Å². The molecule has 4 rings (SSSR count). The summed E-state index contributed by atoms with van der Waals surface area (Å²) in [6.07, 6.45) is 1.82. The Morgan fingerprint density at radius 2 is 1.93 bits per heavy atom. The number of hydrogen-bond acceptors (Lipinski definition) is 5. The molecule has 150 valence electrons. The van der Waals surface area contributed by atoms with E-state index in [9.17, 15) is 4.79 Å². The second kappa shape index (κ2) is 8.29. The fourth-order valence-corrected chi connectivity index (χ4v) is 4.54. The highest BCUT2D eigenvalue weighted by Gasteiger charge is 2.37. The van der Waals surface area contributed by atoms with E-state index in [1.807, 2.05) is 35.9 Å². The van der Waals surface area contributed by atoms with Crippen molar-refractivity contribution in [2.45, 2.75) is 50.1 Å². The van der Waals surface area contributed by atoms with Gasteiger partial charge in [0.2, 0.25) is 11.1 Å². The number of rotatable bonds is 5. The van der Waals surface area contributed by atoms with Crippen molar-refractivity contribution in [2.24, 2.45) is 0 Å². The molecule has 0 saturated carbocycles. The zero-order valence-electron chi connectivity index (χ0n) is 16.8. The molecule has 0 bridgehead atoms. The Kier molecular flexibility index (Phi) is 5.58. The molecule has 1 aliphatic rings. The number of benzene rings is 2. The maximum absolute atomic E-state index is 13.2. The molecule has 2 heterocycles. The summed E-state index contributed by atoms with van der Waals surface area (Å²) >= 11 is 1.46. The summed E-state index contributed by atoms with van der Waals surface area (Å²) in [4.78, 5) is 13.2. The molecule has 0 aliphatic carbocycles. The highest BCUT2D eigenvalue weighted by atomic mass is 32.2. The maximum Gasteiger partial charge on any atom is 0.240 e. The standard InChI is InChI=1S/C22H25N5OS/c1-4-6-18-24-25-22-27(18)26-19(16-11-9-14(2)10-12-16)20(29-22)21(28)23-17-8-5-7-15(3)13-17/h5,7-13,19-20,26H,4,6H2,1-3H3,(H,23,28)/t19-,20+/m1/s1. The first-order valence-electron chi connectivity index (χ1n) is 9.86. The van der Waals surface area contributed by atoms with Gasteiger partial charge in [0.15, 0.2) is 5.82 Å². The van der Waals surface area contributed by atoms with E-state index in [1.165, 1.54) is 17.3 Å². The number of aromatic nitrogens is 3. The minimum atomic E-state index is -0.371. The molecule has 1 amide bonds. The van der Waals surface area contributed by atoms with Gasteiger partial charge in [-0.25, -0.2) is 4.68 Å². The van der Waals surface area contributed by atoms with Crippen LogP contribution in [0.4, 0.5) is 5.69 Å². The Hall–Kier alpha value is -2.80. The highest BCUT2D eigenvalue weighted by molar-refractivity contribution is 8.00. The van der Waals surface area contributed by atoms with Gasteiger partial charge in [0.1, 0.15) is 5.25 Å². The summed E-state index contributed by atoms with van der Waals surface area (Å²) in [5, 5.41) is 12.0. The molecule has 2 aromatic carbocycles. The lowest BCUT2D eigenvalue weighted by atomic mass is 10.0. The molecule has 0 fully saturated rings. The lowest BCUT2D eigenvalue weighted by Gasteiger charge is -2.33. The molecule has 2 N–H and O–H groups in total. The van der Waals surface area contributed by atoms with Gasteiger partial charge in [-0.2, -0.15) is 0 Å². The predicted octanol–water partition coefficient (Wildman–Crippen LogP) is 4.25. The number of carbonyl (C=O) groups excluding carboxylic acids is 1. The number of nitrogens with one attached hydrogen (secondary N) is 2. The minimum absolute atomic E-state index is 0.0510. The van der Waals surface area contributed by atoms with Gasteiger partial charge in [-0.3, -0.25) is 4.79 Å².